The summed E-state index contributed by atoms with van der Waals surface area (Å²) in [7, 11) is 0. The summed E-state index contributed by atoms with van der Waals surface area (Å²) in [6, 6.07) is -0.507. The number of hydrogen-bond donors (Lipinski definition) is 3. The minimum absolute atomic E-state index is 0.110. The van der Waals surface area contributed by atoms with E-state index >= 15 is 0 Å². The fourth-order valence-electron chi connectivity index (χ4n) is 1.46. The Morgan fingerprint density at radius 3 is 2.38 bits per heavy atom. The maximum atomic E-state index is 11.7. The summed E-state index contributed by atoms with van der Waals surface area (Å²) < 4.78 is 0. The number of unbranched alkanes of at least 4 members (excludes halogenated alkanes) is 1. The van der Waals surface area contributed by atoms with E-state index in [1.165, 1.54) is 0 Å². The molecule has 0 saturated carbocycles. The first-order chi connectivity index (χ1) is 7.28. The fourth-order valence-corrected chi connectivity index (χ4v) is 1.46. The lowest BCUT2D eigenvalue weighted by molar-refractivity contribution is -0.125. The van der Waals surface area contributed by atoms with Crippen LogP contribution < -0.4 is 16.8 Å². The third-order valence-electron chi connectivity index (χ3n) is 2.28. The summed E-state index contributed by atoms with van der Waals surface area (Å²) in [6.45, 7) is 5.55. The van der Waals surface area contributed by atoms with Crippen molar-refractivity contribution in [1.29, 1.82) is 0 Å². The van der Waals surface area contributed by atoms with Crippen LogP contribution >= 0.6 is 0 Å². The van der Waals surface area contributed by atoms with Crippen molar-refractivity contribution in [1.82, 2.24) is 5.32 Å². The molecule has 2 amide bonds. The fraction of sp³-hybridized carbons (Fsp3) is 0.818. The summed E-state index contributed by atoms with van der Waals surface area (Å²) in [4.78, 5) is 22.4. The van der Waals surface area contributed by atoms with E-state index in [2.05, 4.69) is 5.32 Å². The summed E-state index contributed by atoms with van der Waals surface area (Å²) in [6.07, 6.45) is 2.70. The van der Waals surface area contributed by atoms with Crippen LogP contribution in [0, 0.1) is 0 Å². The summed E-state index contributed by atoms with van der Waals surface area (Å²) in [5, 5.41) is 2.73. The van der Waals surface area contributed by atoms with E-state index < -0.39 is 17.5 Å². The van der Waals surface area contributed by atoms with Gasteiger partial charge in [-0.05, 0) is 20.3 Å². The van der Waals surface area contributed by atoms with Crippen LogP contribution in [0.3, 0.4) is 0 Å². The van der Waals surface area contributed by atoms with Gasteiger partial charge in [-0.2, -0.15) is 0 Å². The topological polar surface area (TPSA) is 98.2 Å². The first-order valence-corrected chi connectivity index (χ1v) is 5.64. The summed E-state index contributed by atoms with van der Waals surface area (Å²) in [5.74, 6) is -0.660. The van der Waals surface area contributed by atoms with Crippen LogP contribution in [-0.4, -0.2) is 23.4 Å². The molecule has 0 aliphatic heterocycles. The minimum Gasteiger partial charge on any atom is -0.370 e. The second-order valence-electron chi connectivity index (χ2n) is 4.76. The van der Waals surface area contributed by atoms with Crippen LogP contribution in [0.4, 0.5) is 0 Å². The first-order valence-electron chi connectivity index (χ1n) is 5.64. The maximum Gasteiger partial charge on any atom is 0.237 e. The van der Waals surface area contributed by atoms with Gasteiger partial charge in [0, 0.05) is 12.0 Å². The molecule has 0 aromatic heterocycles. The maximum absolute atomic E-state index is 11.7. The predicted molar refractivity (Wildman–Crippen MR) is 63.5 cm³/mol. The molecule has 0 rings (SSSR count). The normalized spacial score (nSPS) is 13.2. The van der Waals surface area contributed by atoms with Gasteiger partial charge >= 0.3 is 0 Å². The third kappa shape index (κ3) is 6.40. The van der Waals surface area contributed by atoms with Gasteiger partial charge in [-0.25, -0.2) is 0 Å². The molecule has 94 valence electrons. The molecule has 0 fully saturated rings. The average molecular weight is 229 g/mol. The van der Waals surface area contributed by atoms with Crippen molar-refractivity contribution in [2.75, 3.05) is 0 Å². The van der Waals surface area contributed by atoms with Gasteiger partial charge in [0.1, 0.15) is 0 Å². The Kier molecular flexibility index (Phi) is 6.03. The number of rotatable bonds is 7. The average Bonchev–Trinajstić information content (AvgIpc) is 2.10. The molecule has 0 aromatic carbocycles. The Morgan fingerprint density at radius 2 is 1.94 bits per heavy atom. The summed E-state index contributed by atoms with van der Waals surface area (Å²) >= 11 is 0. The van der Waals surface area contributed by atoms with Gasteiger partial charge in [0.05, 0.1) is 6.04 Å². The van der Waals surface area contributed by atoms with Gasteiger partial charge in [0.15, 0.2) is 0 Å². The monoisotopic (exact) mass is 229 g/mol. The lowest BCUT2D eigenvalue weighted by Crippen LogP contribution is -2.51. The van der Waals surface area contributed by atoms with E-state index in [1.807, 2.05) is 6.92 Å². The molecule has 0 unspecified atom stereocenters. The van der Waals surface area contributed by atoms with Crippen molar-refractivity contribution >= 4 is 11.8 Å². The number of amides is 2. The number of primary amides is 1. The van der Waals surface area contributed by atoms with E-state index in [-0.39, 0.29) is 12.3 Å². The molecule has 0 heterocycles. The molecule has 0 radical (unpaired) electrons. The zero-order valence-electron chi connectivity index (χ0n) is 10.4. The van der Waals surface area contributed by atoms with Crippen molar-refractivity contribution in [3.05, 3.63) is 0 Å². The van der Waals surface area contributed by atoms with Crippen molar-refractivity contribution in [2.45, 2.75) is 58.0 Å². The van der Waals surface area contributed by atoms with E-state index in [9.17, 15) is 9.59 Å². The molecule has 0 saturated heterocycles. The van der Waals surface area contributed by atoms with E-state index in [4.69, 9.17) is 11.5 Å². The van der Waals surface area contributed by atoms with Crippen LogP contribution in [0.15, 0.2) is 0 Å². The highest BCUT2D eigenvalue weighted by Gasteiger charge is 2.25. The van der Waals surface area contributed by atoms with Crippen LogP contribution in [0.25, 0.3) is 0 Å². The molecule has 0 aromatic rings. The Balaban J connectivity index is 4.15. The number of nitrogens with one attached hydrogen (secondary N) is 1. The lowest BCUT2D eigenvalue weighted by Gasteiger charge is -2.26. The lowest BCUT2D eigenvalue weighted by atomic mass is 9.99. The van der Waals surface area contributed by atoms with Crippen molar-refractivity contribution in [3.63, 3.8) is 0 Å². The molecule has 0 spiro atoms. The molecule has 16 heavy (non-hydrogen) atoms. The first kappa shape index (κ1) is 14.9. The number of carbonyl (C=O) groups excluding carboxylic acids is 2. The summed E-state index contributed by atoms with van der Waals surface area (Å²) in [5.41, 5.74) is 10.2. The van der Waals surface area contributed by atoms with Crippen LogP contribution in [0.1, 0.15) is 46.5 Å². The Hall–Kier alpha value is -1.10. The zero-order valence-corrected chi connectivity index (χ0v) is 10.4. The van der Waals surface area contributed by atoms with Gasteiger partial charge in [-0.15, -0.1) is 0 Å². The number of nitrogens with two attached hydrogens (primary N) is 2. The van der Waals surface area contributed by atoms with Crippen molar-refractivity contribution < 1.29 is 9.59 Å². The largest absolute Gasteiger partial charge is 0.370 e. The Bertz CT molecular complexity index is 252. The van der Waals surface area contributed by atoms with Gasteiger partial charge in [-0.3, -0.25) is 9.59 Å². The second kappa shape index (κ2) is 6.48. The smallest absolute Gasteiger partial charge is 0.237 e. The molecule has 5 nitrogen and oxygen atoms in total. The Labute approximate surface area is 96.9 Å². The molecule has 0 aliphatic rings. The third-order valence-corrected chi connectivity index (χ3v) is 2.28. The molecular formula is C11H23N3O2. The van der Waals surface area contributed by atoms with Crippen LogP contribution in [0.5, 0.6) is 0 Å². The molecule has 1 atom stereocenters. The number of hydrogen-bond acceptors (Lipinski definition) is 3. The predicted octanol–water partition coefficient (Wildman–Crippen LogP) is 0.274. The minimum atomic E-state index is -0.632. The second-order valence-corrected chi connectivity index (χ2v) is 4.76. The highest BCUT2D eigenvalue weighted by atomic mass is 16.2. The SMILES string of the molecule is CCCC[C@H](N)C(=O)NC(C)(C)CC(N)=O. The zero-order chi connectivity index (χ0) is 12.8. The van der Waals surface area contributed by atoms with E-state index in [0.29, 0.717) is 6.42 Å². The Morgan fingerprint density at radius 1 is 1.38 bits per heavy atom. The van der Waals surface area contributed by atoms with E-state index in [1.54, 1.807) is 13.8 Å². The van der Waals surface area contributed by atoms with Crippen molar-refractivity contribution in [2.24, 2.45) is 11.5 Å². The van der Waals surface area contributed by atoms with E-state index in [0.717, 1.165) is 12.8 Å². The van der Waals surface area contributed by atoms with Crippen molar-refractivity contribution in [3.8, 4) is 0 Å². The molecular weight excluding hydrogens is 206 g/mol. The van der Waals surface area contributed by atoms with Crippen LogP contribution in [-0.2, 0) is 9.59 Å². The van der Waals surface area contributed by atoms with Gasteiger partial charge in [0.25, 0.3) is 0 Å². The van der Waals surface area contributed by atoms with Gasteiger partial charge in [-0.1, -0.05) is 19.8 Å². The van der Waals surface area contributed by atoms with Gasteiger partial charge in [0.2, 0.25) is 11.8 Å². The molecule has 5 heteroatoms. The highest BCUT2D eigenvalue weighted by molar-refractivity contribution is 5.83. The number of carbonyl (C=O) groups is 2. The standard InChI is InChI=1S/C11H23N3O2/c1-4-5-6-8(12)10(16)14-11(2,3)7-9(13)15/h8H,4-7,12H2,1-3H3,(H2,13,15)(H,14,16)/t8-/m0/s1. The quantitative estimate of drug-likeness (QED) is 0.584. The molecule has 5 N–H and O–H groups in total. The molecule has 0 aliphatic carbocycles. The van der Waals surface area contributed by atoms with Crippen LogP contribution in [0.2, 0.25) is 0 Å². The molecule has 0 bridgehead atoms. The van der Waals surface area contributed by atoms with Gasteiger partial charge < -0.3 is 16.8 Å². The highest BCUT2D eigenvalue weighted by Crippen LogP contribution is 2.08.